The van der Waals surface area contributed by atoms with Crippen LogP contribution in [0.25, 0.3) is 0 Å². The van der Waals surface area contributed by atoms with Gasteiger partial charge in [-0.1, -0.05) is 27.7 Å². The molecule has 0 radical (unpaired) electrons. The van der Waals surface area contributed by atoms with Crippen molar-refractivity contribution in [2.45, 2.75) is 100 Å². The molecule has 0 aromatic rings. The molecule has 7 unspecified atom stereocenters. The molecule has 6 bridgehead atoms. The van der Waals surface area contributed by atoms with Crippen LogP contribution in [0.15, 0.2) is 0 Å². The summed E-state index contributed by atoms with van der Waals surface area (Å²) in [5.74, 6) is -2.69. The van der Waals surface area contributed by atoms with Gasteiger partial charge >= 0.3 is 0 Å². The fourth-order valence-corrected chi connectivity index (χ4v) is 8.64. The zero-order valence-corrected chi connectivity index (χ0v) is 16.7. The number of hydrogen-bond donors (Lipinski definition) is 6. The Bertz CT molecular complexity index is 759. The van der Waals surface area contributed by atoms with Crippen LogP contribution in [0.4, 0.5) is 0 Å². The molecule has 0 amide bonds. The van der Waals surface area contributed by atoms with Gasteiger partial charge in [0, 0.05) is 18.3 Å². The normalized spacial score (nSPS) is 71.6. The van der Waals surface area contributed by atoms with E-state index in [1.54, 1.807) is 27.7 Å². The van der Waals surface area contributed by atoms with Crippen molar-refractivity contribution < 1.29 is 35.4 Å². The van der Waals surface area contributed by atoms with E-state index in [2.05, 4.69) is 0 Å². The summed E-state index contributed by atoms with van der Waals surface area (Å²) in [5.41, 5.74) is -12.5. The lowest BCUT2D eigenvalue weighted by Gasteiger charge is -2.60. The fourth-order valence-electron chi connectivity index (χ4n) is 8.64. The van der Waals surface area contributed by atoms with E-state index in [4.69, 9.17) is 4.74 Å². The molecule has 2 aliphatic heterocycles. The molecule has 6 fully saturated rings. The second kappa shape index (κ2) is 4.13. The van der Waals surface area contributed by atoms with Gasteiger partial charge in [0.25, 0.3) is 0 Å². The lowest BCUT2D eigenvalue weighted by molar-refractivity contribution is -0.390. The van der Waals surface area contributed by atoms with E-state index in [1.165, 1.54) is 6.92 Å². The third kappa shape index (κ3) is 1.16. The van der Waals surface area contributed by atoms with E-state index in [9.17, 15) is 30.6 Å². The summed E-state index contributed by atoms with van der Waals surface area (Å²) in [6.07, 6.45) is -0.869. The maximum atomic E-state index is 12.3. The van der Waals surface area contributed by atoms with Crippen molar-refractivity contribution in [2.24, 2.45) is 22.7 Å². The van der Waals surface area contributed by atoms with Crippen LogP contribution in [0.1, 0.15) is 60.3 Å². The molecular weight excluding hydrogens is 352 g/mol. The topological polar surface area (TPSA) is 131 Å². The summed E-state index contributed by atoms with van der Waals surface area (Å²) in [5, 5.41) is 70.9. The number of ether oxygens (including phenoxy) is 1. The summed E-state index contributed by atoms with van der Waals surface area (Å²) in [7, 11) is 0. The minimum absolute atomic E-state index is 0.121. The average Bonchev–Trinajstić information content (AvgIpc) is 2.82. The predicted octanol–water partition coefficient (Wildman–Crippen LogP) is -0.351. The van der Waals surface area contributed by atoms with E-state index in [0.717, 1.165) is 0 Å². The smallest absolute Gasteiger partial charge is 0.178 e. The van der Waals surface area contributed by atoms with Gasteiger partial charge in [0.1, 0.15) is 16.8 Å². The number of hydrogen-bond acceptors (Lipinski definition) is 7. The van der Waals surface area contributed by atoms with Crippen LogP contribution in [0.5, 0.6) is 0 Å². The van der Waals surface area contributed by atoms with Crippen molar-refractivity contribution in [3.63, 3.8) is 0 Å². The van der Waals surface area contributed by atoms with Crippen LogP contribution in [-0.2, 0) is 4.74 Å². The van der Waals surface area contributed by atoms with Crippen molar-refractivity contribution in [3.8, 4) is 0 Å². The zero-order chi connectivity index (χ0) is 20.3. The molecule has 0 aromatic heterocycles. The van der Waals surface area contributed by atoms with E-state index < -0.39 is 56.6 Å². The van der Waals surface area contributed by atoms with Crippen LogP contribution < -0.4 is 0 Å². The van der Waals surface area contributed by atoms with Crippen LogP contribution in [-0.4, -0.2) is 70.5 Å². The Morgan fingerprint density at radius 3 is 2.11 bits per heavy atom. The predicted molar refractivity (Wildman–Crippen MR) is 93.3 cm³/mol. The van der Waals surface area contributed by atoms with Crippen molar-refractivity contribution in [1.29, 1.82) is 0 Å². The summed E-state index contributed by atoms with van der Waals surface area (Å²) >= 11 is 0. The summed E-state index contributed by atoms with van der Waals surface area (Å²) < 4.78 is 6.12. The lowest BCUT2D eigenvalue weighted by atomic mass is 9.52. The van der Waals surface area contributed by atoms with Gasteiger partial charge in [-0.25, -0.2) is 0 Å². The molecule has 1 spiro atoms. The minimum Gasteiger partial charge on any atom is -0.390 e. The highest BCUT2D eigenvalue weighted by atomic mass is 16.7. The van der Waals surface area contributed by atoms with Gasteiger partial charge in [-0.3, -0.25) is 0 Å². The Kier molecular flexibility index (Phi) is 2.86. The zero-order valence-electron chi connectivity index (χ0n) is 16.7. The summed E-state index contributed by atoms with van der Waals surface area (Å²) in [6.45, 7) is 8.55. The van der Waals surface area contributed by atoms with Gasteiger partial charge in [-0.2, -0.15) is 0 Å². The molecule has 27 heavy (non-hydrogen) atoms. The van der Waals surface area contributed by atoms with Gasteiger partial charge in [0.05, 0.1) is 17.1 Å². The SMILES string of the molecule is CC1CCC2(O)C3(C)CC4(O)O[C@@]2([C@@H]1O)C1(O)C3(O)C[C@](O)(C(C)C)C41C. The van der Waals surface area contributed by atoms with Gasteiger partial charge in [0.2, 0.25) is 0 Å². The first kappa shape index (κ1) is 18.7. The van der Waals surface area contributed by atoms with E-state index in [-0.39, 0.29) is 25.2 Å². The molecule has 10 atom stereocenters. The van der Waals surface area contributed by atoms with Gasteiger partial charge in [-0.05, 0) is 31.6 Å². The van der Waals surface area contributed by atoms with Crippen LogP contribution in [0.2, 0.25) is 0 Å². The van der Waals surface area contributed by atoms with E-state index in [1.807, 2.05) is 0 Å². The first-order chi connectivity index (χ1) is 12.1. The second-order valence-corrected chi connectivity index (χ2v) is 10.9. The van der Waals surface area contributed by atoms with Crippen LogP contribution in [0, 0.1) is 22.7 Å². The molecule has 2 saturated heterocycles. The number of aliphatic hydroxyl groups is 6. The first-order valence-electron chi connectivity index (χ1n) is 10.1. The van der Waals surface area contributed by atoms with Gasteiger partial charge in [0.15, 0.2) is 11.4 Å². The molecule has 154 valence electrons. The first-order valence-corrected chi connectivity index (χ1v) is 10.1. The van der Waals surface area contributed by atoms with Gasteiger partial charge < -0.3 is 35.4 Å². The quantitative estimate of drug-likeness (QED) is 0.364. The highest BCUT2D eigenvalue weighted by Crippen LogP contribution is 2.90. The van der Waals surface area contributed by atoms with Crippen molar-refractivity contribution in [2.75, 3.05) is 0 Å². The maximum absolute atomic E-state index is 12.3. The Hall–Kier alpha value is -0.280. The lowest BCUT2D eigenvalue weighted by Crippen LogP contribution is -2.75. The Morgan fingerprint density at radius 2 is 1.56 bits per heavy atom. The van der Waals surface area contributed by atoms with Crippen LogP contribution in [0.3, 0.4) is 0 Å². The van der Waals surface area contributed by atoms with E-state index in [0.29, 0.717) is 6.42 Å². The highest BCUT2D eigenvalue weighted by molar-refractivity contribution is 5.54. The van der Waals surface area contributed by atoms with Crippen LogP contribution >= 0.6 is 0 Å². The van der Waals surface area contributed by atoms with Crippen molar-refractivity contribution in [1.82, 2.24) is 0 Å². The minimum atomic E-state index is -2.21. The Balaban J connectivity index is 1.94. The molecule has 7 heteroatoms. The monoisotopic (exact) mass is 384 g/mol. The molecule has 4 aliphatic carbocycles. The third-order valence-corrected chi connectivity index (χ3v) is 10.3. The average molecular weight is 384 g/mol. The molecule has 4 saturated carbocycles. The van der Waals surface area contributed by atoms with Crippen molar-refractivity contribution in [3.05, 3.63) is 0 Å². The van der Waals surface area contributed by atoms with E-state index >= 15 is 0 Å². The largest absolute Gasteiger partial charge is 0.390 e. The summed E-state index contributed by atoms with van der Waals surface area (Å²) in [6, 6.07) is 0. The van der Waals surface area contributed by atoms with Crippen molar-refractivity contribution >= 4 is 0 Å². The number of aliphatic hydroxyl groups excluding tert-OH is 1. The standard InChI is InChI=1S/C20H32O7/c1-10(2)15(22)9-17(24)13(4)8-18(25)14(15,5)20(17,26)19(27-18)12(21)11(3)6-7-16(13,19)23/h10-12,21-26H,6-9H2,1-5H3/t11?,12-,13?,14?,15+,16?,17?,18?,19-,20?/m1/s1. The maximum Gasteiger partial charge on any atom is 0.178 e. The van der Waals surface area contributed by atoms with Gasteiger partial charge in [-0.15, -0.1) is 0 Å². The number of rotatable bonds is 1. The molecule has 7 nitrogen and oxygen atoms in total. The Labute approximate surface area is 159 Å². The highest BCUT2D eigenvalue weighted by Gasteiger charge is 3.07. The molecule has 2 heterocycles. The fraction of sp³-hybridized carbons (Fsp3) is 1.00. The summed E-state index contributed by atoms with van der Waals surface area (Å²) in [4.78, 5) is 0. The molecule has 6 rings (SSSR count). The molecule has 0 aromatic carbocycles. The Morgan fingerprint density at radius 1 is 0.963 bits per heavy atom. The molecule has 6 aliphatic rings. The molecule has 6 N–H and O–H groups in total. The second-order valence-electron chi connectivity index (χ2n) is 10.9. The molecular formula is C20H32O7. The third-order valence-electron chi connectivity index (χ3n) is 10.3.